The molecule has 0 unspecified atom stereocenters. The minimum Gasteiger partial charge on any atom is -0.445 e. The molecule has 2 aliphatic heterocycles. The normalized spacial score (nSPS) is 19.8. The molecule has 2 heterocycles. The molecular weight excluding hydrogens is 524 g/mol. The van der Waals surface area contributed by atoms with Gasteiger partial charge in [-0.2, -0.15) is 0 Å². The van der Waals surface area contributed by atoms with Gasteiger partial charge in [0.2, 0.25) is 11.8 Å². The van der Waals surface area contributed by atoms with Crippen LogP contribution in [0.4, 0.5) is 9.59 Å². The maximum atomic E-state index is 14.0. The van der Waals surface area contributed by atoms with Gasteiger partial charge >= 0.3 is 12.1 Å². The molecule has 0 spiro atoms. The second kappa shape index (κ2) is 13.8. The number of hydrazine groups is 1. The quantitative estimate of drug-likeness (QED) is 0.340. The van der Waals surface area contributed by atoms with Crippen molar-refractivity contribution in [2.75, 3.05) is 33.3 Å². The molecular formula is C30H38N6O5. The van der Waals surface area contributed by atoms with Crippen LogP contribution >= 0.6 is 0 Å². The second-order valence-corrected chi connectivity index (χ2v) is 10.1. The fourth-order valence-corrected chi connectivity index (χ4v) is 5.33. The van der Waals surface area contributed by atoms with E-state index in [1.54, 1.807) is 26.9 Å². The lowest BCUT2D eigenvalue weighted by Crippen LogP contribution is -2.76. The summed E-state index contributed by atoms with van der Waals surface area (Å²) in [6.45, 7) is 6.27. The van der Waals surface area contributed by atoms with Crippen LogP contribution in [0.25, 0.3) is 0 Å². The maximum Gasteiger partial charge on any atom is 0.407 e. The first kappa shape index (κ1) is 29.6. The number of urea groups is 1. The van der Waals surface area contributed by atoms with Gasteiger partial charge in [-0.1, -0.05) is 73.3 Å². The van der Waals surface area contributed by atoms with E-state index in [0.717, 1.165) is 11.1 Å². The highest BCUT2D eigenvalue weighted by molar-refractivity contribution is 5.91. The molecule has 11 nitrogen and oxygen atoms in total. The number of carbonyl (C=O) groups is 4. The Morgan fingerprint density at radius 2 is 1.76 bits per heavy atom. The minimum atomic E-state index is -0.795. The second-order valence-electron chi connectivity index (χ2n) is 10.1. The van der Waals surface area contributed by atoms with Crippen LogP contribution < -0.4 is 10.6 Å². The third-order valence-electron chi connectivity index (χ3n) is 7.39. The van der Waals surface area contributed by atoms with E-state index in [4.69, 9.17) is 4.74 Å². The Balaban J connectivity index is 1.56. The zero-order valence-corrected chi connectivity index (χ0v) is 23.6. The number of nitrogens with one attached hydrogen (secondary N) is 2. The lowest BCUT2D eigenvalue weighted by molar-refractivity contribution is -0.189. The molecule has 4 rings (SSSR count). The van der Waals surface area contributed by atoms with Gasteiger partial charge in [0.25, 0.3) is 0 Å². The van der Waals surface area contributed by atoms with Crippen LogP contribution in [0.15, 0.2) is 73.3 Å². The predicted molar refractivity (Wildman–Crippen MR) is 153 cm³/mol. The van der Waals surface area contributed by atoms with Crippen molar-refractivity contribution < 1.29 is 23.9 Å². The molecule has 0 radical (unpaired) electrons. The van der Waals surface area contributed by atoms with Gasteiger partial charge in [-0.3, -0.25) is 9.59 Å². The molecule has 2 saturated heterocycles. The van der Waals surface area contributed by atoms with Gasteiger partial charge in [-0.05, 0) is 30.9 Å². The van der Waals surface area contributed by atoms with Crippen molar-refractivity contribution in [1.82, 2.24) is 30.5 Å². The van der Waals surface area contributed by atoms with Crippen LogP contribution in [0, 0.1) is 0 Å². The number of amides is 5. The molecule has 2 aromatic carbocycles. The van der Waals surface area contributed by atoms with Crippen LogP contribution in [0.3, 0.4) is 0 Å². The molecule has 0 aromatic heterocycles. The Bertz CT molecular complexity index is 1230. The van der Waals surface area contributed by atoms with Gasteiger partial charge in [0.05, 0.1) is 19.1 Å². The Hall–Kier alpha value is -4.38. The number of hydrogen-bond donors (Lipinski definition) is 2. The van der Waals surface area contributed by atoms with E-state index < -0.39 is 18.3 Å². The summed E-state index contributed by atoms with van der Waals surface area (Å²) in [6, 6.07) is 17.8. The lowest BCUT2D eigenvalue weighted by atomic mass is 9.98. The third-order valence-corrected chi connectivity index (χ3v) is 7.39. The molecule has 2 aromatic rings. The van der Waals surface area contributed by atoms with Crippen molar-refractivity contribution in [3.63, 3.8) is 0 Å². The predicted octanol–water partition coefficient (Wildman–Crippen LogP) is 2.88. The topological polar surface area (TPSA) is 115 Å². The van der Waals surface area contributed by atoms with E-state index in [9.17, 15) is 19.2 Å². The van der Waals surface area contributed by atoms with Gasteiger partial charge in [0.1, 0.15) is 18.8 Å². The summed E-state index contributed by atoms with van der Waals surface area (Å²) in [5.74, 6) is -0.414. The van der Waals surface area contributed by atoms with E-state index in [1.807, 2.05) is 67.6 Å². The molecule has 41 heavy (non-hydrogen) atoms. The molecule has 218 valence electrons. The number of alkyl carbamates (subject to hydrolysis) is 1. The molecule has 2 aliphatic rings. The SMILES string of the molecule is C=CCOC(=O)NCCC[C@H]1C(=O)N([C@H](C)c2ccccc2)C[C@H]2N1C(=O)CN(C)N2C(=O)NCc1ccccc1. The van der Waals surface area contributed by atoms with Gasteiger partial charge in [0.15, 0.2) is 0 Å². The van der Waals surface area contributed by atoms with Crippen molar-refractivity contribution in [1.29, 1.82) is 0 Å². The van der Waals surface area contributed by atoms with Crippen LogP contribution in [-0.2, 0) is 20.9 Å². The summed E-state index contributed by atoms with van der Waals surface area (Å²) in [5.41, 5.74) is 1.90. The van der Waals surface area contributed by atoms with Crippen LogP contribution in [-0.4, -0.2) is 89.3 Å². The number of piperazine rings is 1. The number of carbonyl (C=O) groups excluding carboxylic acids is 4. The number of fused-ring (bicyclic) bond motifs is 1. The summed E-state index contributed by atoms with van der Waals surface area (Å²) in [5, 5.41) is 8.78. The molecule has 0 aliphatic carbocycles. The maximum absolute atomic E-state index is 14.0. The van der Waals surface area contributed by atoms with Crippen LogP contribution in [0.1, 0.15) is 36.9 Å². The fraction of sp³-hybridized carbons (Fsp3) is 0.400. The number of benzene rings is 2. The van der Waals surface area contributed by atoms with E-state index in [1.165, 1.54) is 6.08 Å². The first-order valence-corrected chi connectivity index (χ1v) is 13.8. The molecule has 2 fully saturated rings. The highest BCUT2D eigenvalue weighted by atomic mass is 16.5. The summed E-state index contributed by atoms with van der Waals surface area (Å²) >= 11 is 0. The van der Waals surface area contributed by atoms with Gasteiger partial charge < -0.3 is 25.2 Å². The molecule has 2 N–H and O–H groups in total. The number of ether oxygens (including phenoxy) is 1. The highest BCUT2D eigenvalue weighted by Gasteiger charge is 2.51. The third kappa shape index (κ3) is 7.04. The molecule has 5 amide bonds. The summed E-state index contributed by atoms with van der Waals surface area (Å²) < 4.78 is 4.95. The Labute approximate surface area is 240 Å². The van der Waals surface area contributed by atoms with Crippen molar-refractivity contribution >= 4 is 23.9 Å². The standard InChI is InChI=1S/C30H38N6O5/c1-4-18-41-30(40)31-17-11-16-25-28(38)34(22(2)24-14-9-6-10-15-24)20-26-35(25)27(37)21-33(3)36(26)29(39)32-19-23-12-7-5-8-13-23/h4-10,12-15,22,25-26H,1,11,16-21H2,2-3H3,(H,31,40)(H,32,39)/t22-,25+,26+/m1/s1. The highest BCUT2D eigenvalue weighted by Crippen LogP contribution is 2.32. The number of likely N-dealkylation sites (N-methyl/N-ethyl adjacent to an activating group) is 1. The average molecular weight is 563 g/mol. The van der Waals surface area contributed by atoms with Gasteiger partial charge in [-0.25, -0.2) is 19.6 Å². The van der Waals surface area contributed by atoms with E-state index in [0.29, 0.717) is 19.4 Å². The van der Waals surface area contributed by atoms with E-state index in [2.05, 4.69) is 17.2 Å². The largest absolute Gasteiger partial charge is 0.445 e. The summed E-state index contributed by atoms with van der Waals surface area (Å²) in [6.07, 6.45) is 0.943. The minimum absolute atomic E-state index is 0.0423. The average Bonchev–Trinajstić information content (AvgIpc) is 2.98. The van der Waals surface area contributed by atoms with Crippen molar-refractivity contribution in [3.8, 4) is 0 Å². The van der Waals surface area contributed by atoms with Gasteiger partial charge in [-0.15, -0.1) is 0 Å². The van der Waals surface area contributed by atoms with E-state index in [-0.39, 0.29) is 50.1 Å². The van der Waals surface area contributed by atoms with E-state index >= 15 is 0 Å². The summed E-state index contributed by atoms with van der Waals surface area (Å²) in [7, 11) is 1.70. The Morgan fingerprint density at radius 3 is 2.44 bits per heavy atom. The van der Waals surface area contributed by atoms with Gasteiger partial charge in [0, 0.05) is 20.1 Å². The zero-order valence-electron chi connectivity index (χ0n) is 23.6. The molecule has 0 bridgehead atoms. The zero-order chi connectivity index (χ0) is 29.4. The Kier molecular flexibility index (Phi) is 9.96. The first-order valence-electron chi connectivity index (χ1n) is 13.8. The first-order chi connectivity index (χ1) is 19.8. The fourth-order valence-electron chi connectivity index (χ4n) is 5.33. The van der Waals surface area contributed by atoms with Crippen molar-refractivity contribution in [2.45, 2.75) is 44.6 Å². The number of hydrogen-bond acceptors (Lipinski definition) is 6. The molecule has 3 atom stereocenters. The lowest BCUT2D eigenvalue weighted by Gasteiger charge is -2.55. The number of nitrogens with zero attached hydrogens (tertiary/aromatic N) is 4. The monoisotopic (exact) mass is 562 g/mol. The molecule has 11 heteroatoms. The van der Waals surface area contributed by atoms with Crippen molar-refractivity contribution in [3.05, 3.63) is 84.4 Å². The summed E-state index contributed by atoms with van der Waals surface area (Å²) in [4.78, 5) is 56.1. The van der Waals surface area contributed by atoms with Crippen LogP contribution in [0.5, 0.6) is 0 Å². The molecule has 0 saturated carbocycles. The van der Waals surface area contributed by atoms with Crippen molar-refractivity contribution in [2.24, 2.45) is 0 Å². The Morgan fingerprint density at radius 1 is 1.07 bits per heavy atom. The van der Waals surface area contributed by atoms with Crippen LogP contribution in [0.2, 0.25) is 0 Å². The number of rotatable bonds is 10. The smallest absolute Gasteiger partial charge is 0.407 e.